The Hall–Kier alpha value is -4.07. The van der Waals surface area contributed by atoms with Gasteiger partial charge in [0.15, 0.2) is 11.2 Å². The maximum Gasteiger partial charge on any atom is 0.359 e. The number of allylic oxidation sites excluding steroid dienone is 1. The normalized spacial score (nSPS) is 16.4. The second-order valence-corrected chi connectivity index (χ2v) is 10.5. The van der Waals surface area contributed by atoms with E-state index >= 15 is 0 Å². The highest BCUT2D eigenvalue weighted by molar-refractivity contribution is 6.05. The third kappa shape index (κ3) is 6.32. The van der Waals surface area contributed by atoms with E-state index in [0.717, 1.165) is 41.5 Å². The molecule has 1 unspecified atom stereocenters. The molecule has 8 heteroatoms. The van der Waals surface area contributed by atoms with E-state index in [9.17, 15) is 14.4 Å². The van der Waals surface area contributed by atoms with Gasteiger partial charge < -0.3 is 14.8 Å². The number of ether oxygens (including phenoxy) is 2. The maximum absolute atomic E-state index is 13.1. The first kappa shape index (κ1) is 29.9. The highest BCUT2D eigenvalue weighted by Crippen LogP contribution is 2.57. The van der Waals surface area contributed by atoms with Crippen molar-refractivity contribution in [1.29, 1.82) is 0 Å². The fraction of sp³-hybridized carbons (Fsp3) is 0.424. The monoisotopic (exact) mass is 557 g/mol. The Bertz CT molecular complexity index is 1360. The summed E-state index contributed by atoms with van der Waals surface area (Å²) >= 11 is 0. The van der Waals surface area contributed by atoms with Crippen molar-refractivity contribution in [3.63, 3.8) is 0 Å². The minimum absolute atomic E-state index is 0.0106. The SMILES string of the molecule is C=CCCCCCCCCCCNC(=O)Cc1ccc2c(c1)C1(N=NC(C(=O)OC)=C1C(=O)OC)c1ccccc1-2. The number of carbonyl (C=O) groups is 3. The number of rotatable bonds is 15. The zero-order chi connectivity index (χ0) is 29.2. The predicted octanol–water partition coefficient (Wildman–Crippen LogP) is 6.33. The van der Waals surface area contributed by atoms with E-state index in [1.807, 2.05) is 48.5 Å². The molecule has 1 atom stereocenters. The quantitative estimate of drug-likeness (QED) is 0.156. The molecule has 0 radical (unpaired) electrons. The van der Waals surface area contributed by atoms with Crippen LogP contribution in [-0.2, 0) is 35.8 Å². The Kier molecular flexibility index (Phi) is 10.2. The molecule has 2 aromatic carbocycles. The number of methoxy groups -OCH3 is 2. The molecule has 0 fully saturated rings. The van der Waals surface area contributed by atoms with Crippen LogP contribution in [0.1, 0.15) is 74.5 Å². The molecule has 0 bridgehead atoms. The maximum atomic E-state index is 13.1. The summed E-state index contributed by atoms with van der Waals surface area (Å²) in [5.41, 5.74) is 2.37. The van der Waals surface area contributed by atoms with Crippen LogP contribution in [0.25, 0.3) is 11.1 Å². The van der Waals surface area contributed by atoms with Crippen molar-refractivity contribution in [2.45, 2.75) is 69.7 Å². The first-order valence-electron chi connectivity index (χ1n) is 14.4. The summed E-state index contributed by atoms with van der Waals surface area (Å²) in [5, 5.41) is 11.7. The summed E-state index contributed by atoms with van der Waals surface area (Å²) in [6.45, 7) is 4.41. The fourth-order valence-corrected chi connectivity index (χ4v) is 5.72. The van der Waals surface area contributed by atoms with Gasteiger partial charge in [0, 0.05) is 6.54 Å². The topological polar surface area (TPSA) is 106 Å². The molecular weight excluding hydrogens is 518 g/mol. The van der Waals surface area contributed by atoms with Gasteiger partial charge in [-0.2, -0.15) is 5.11 Å². The second-order valence-electron chi connectivity index (χ2n) is 10.5. The molecular formula is C33H39N3O5. The van der Waals surface area contributed by atoms with Crippen LogP contribution in [0.4, 0.5) is 0 Å². The van der Waals surface area contributed by atoms with Crippen molar-refractivity contribution in [1.82, 2.24) is 5.32 Å². The van der Waals surface area contributed by atoms with Crippen LogP contribution < -0.4 is 5.32 Å². The molecule has 41 heavy (non-hydrogen) atoms. The van der Waals surface area contributed by atoms with Crippen LogP contribution in [0.3, 0.4) is 0 Å². The highest BCUT2D eigenvalue weighted by Gasteiger charge is 2.55. The number of esters is 2. The predicted molar refractivity (Wildman–Crippen MR) is 157 cm³/mol. The second kappa shape index (κ2) is 14.0. The fourth-order valence-electron chi connectivity index (χ4n) is 5.72. The number of azo groups is 1. The summed E-state index contributed by atoms with van der Waals surface area (Å²) < 4.78 is 9.98. The van der Waals surface area contributed by atoms with Gasteiger partial charge in [-0.3, -0.25) is 4.79 Å². The van der Waals surface area contributed by atoms with Gasteiger partial charge >= 0.3 is 11.9 Å². The summed E-state index contributed by atoms with van der Waals surface area (Å²) in [4.78, 5) is 38.5. The van der Waals surface area contributed by atoms with Crippen molar-refractivity contribution in [2.24, 2.45) is 10.2 Å². The Balaban J connectivity index is 1.44. The molecule has 0 saturated heterocycles. The number of amides is 1. The Morgan fingerprint density at radius 3 is 2.22 bits per heavy atom. The van der Waals surface area contributed by atoms with Gasteiger partial charge in [-0.15, -0.1) is 11.7 Å². The van der Waals surface area contributed by atoms with E-state index in [1.165, 1.54) is 52.7 Å². The molecule has 8 nitrogen and oxygen atoms in total. The van der Waals surface area contributed by atoms with Gasteiger partial charge in [0.2, 0.25) is 5.91 Å². The summed E-state index contributed by atoms with van der Waals surface area (Å²) in [6.07, 6.45) is 12.8. The number of hydrogen-bond acceptors (Lipinski definition) is 7. The lowest BCUT2D eigenvalue weighted by Gasteiger charge is -2.25. The molecule has 1 heterocycles. The molecule has 1 amide bonds. The van der Waals surface area contributed by atoms with Crippen LogP contribution in [0.2, 0.25) is 0 Å². The first-order valence-corrected chi connectivity index (χ1v) is 14.4. The number of unbranched alkanes of at least 4 members (excludes halogenated alkanes) is 8. The van der Waals surface area contributed by atoms with Crippen molar-refractivity contribution < 1.29 is 23.9 Å². The minimum Gasteiger partial charge on any atom is -0.466 e. The molecule has 2 aliphatic rings. The van der Waals surface area contributed by atoms with Gasteiger partial charge in [0.05, 0.1) is 20.6 Å². The van der Waals surface area contributed by atoms with Crippen molar-refractivity contribution in [2.75, 3.05) is 20.8 Å². The highest BCUT2D eigenvalue weighted by atomic mass is 16.5. The van der Waals surface area contributed by atoms with E-state index in [4.69, 9.17) is 9.47 Å². The minimum atomic E-state index is -1.36. The van der Waals surface area contributed by atoms with Crippen LogP contribution >= 0.6 is 0 Å². The average molecular weight is 558 g/mol. The summed E-state index contributed by atoms with van der Waals surface area (Å²) in [6, 6.07) is 13.3. The smallest absolute Gasteiger partial charge is 0.359 e. The molecule has 2 aromatic rings. The lowest BCUT2D eigenvalue weighted by atomic mass is 9.80. The van der Waals surface area contributed by atoms with E-state index in [0.29, 0.717) is 12.1 Å². The number of benzene rings is 2. The lowest BCUT2D eigenvalue weighted by molar-refractivity contribution is -0.139. The van der Waals surface area contributed by atoms with Crippen LogP contribution in [0.15, 0.2) is 76.6 Å². The molecule has 216 valence electrons. The number of hydrogen-bond donors (Lipinski definition) is 1. The molecule has 1 aliphatic carbocycles. The third-order valence-electron chi connectivity index (χ3n) is 7.77. The third-order valence-corrected chi connectivity index (χ3v) is 7.77. The Morgan fingerprint density at radius 1 is 0.854 bits per heavy atom. The lowest BCUT2D eigenvalue weighted by Crippen LogP contribution is -2.30. The van der Waals surface area contributed by atoms with E-state index in [2.05, 4.69) is 22.1 Å². The number of nitrogens with one attached hydrogen (secondary N) is 1. The first-order chi connectivity index (χ1) is 20.0. The van der Waals surface area contributed by atoms with Crippen LogP contribution in [0, 0.1) is 0 Å². The van der Waals surface area contributed by atoms with Crippen molar-refractivity contribution in [3.8, 4) is 11.1 Å². The molecule has 0 aromatic heterocycles. The summed E-state index contributed by atoms with van der Waals surface area (Å²) in [7, 11) is 2.48. The van der Waals surface area contributed by atoms with E-state index in [-0.39, 0.29) is 23.6 Å². The molecule has 0 saturated carbocycles. The largest absolute Gasteiger partial charge is 0.466 e. The average Bonchev–Trinajstić information content (AvgIpc) is 3.52. The van der Waals surface area contributed by atoms with Gasteiger partial charge in [-0.25, -0.2) is 9.59 Å². The molecule has 1 N–H and O–H groups in total. The molecule has 4 rings (SSSR count). The van der Waals surface area contributed by atoms with Crippen molar-refractivity contribution >= 4 is 17.8 Å². The van der Waals surface area contributed by atoms with Crippen molar-refractivity contribution in [3.05, 3.63) is 83.1 Å². The number of fused-ring (bicyclic) bond motifs is 5. The molecule has 1 spiro atoms. The zero-order valence-electron chi connectivity index (χ0n) is 24.0. The van der Waals surface area contributed by atoms with Gasteiger partial charge in [-0.1, -0.05) is 87.1 Å². The number of carbonyl (C=O) groups excluding carboxylic acids is 3. The van der Waals surface area contributed by atoms with Gasteiger partial charge in [-0.05, 0) is 47.1 Å². The molecule has 1 aliphatic heterocycles. The van der Waals surface area contributed by atoms with Crippen LogP contribution in [0.5, 0.6) is 0 Å². The number of nitrogens with zero attached hydrogens (tertiary/aromatic N) is 2. The Morgan fingerprint density at radius 2 is 1.51 bits per heavy atom. The van der Waals surface area contributed by atoms with Gasteiger partial charge in [0.1, 0.15) is 5.57 Å². The van der Waals surface area contributed by atoms with E-state index < -0.39 is 17.5 Å². The Labute approximate surface area is 241 Å². The zero-order valence-corrected chi connectivity index (χ0v) is 24.0. The van der Waals surface area contributed by atoms with E-state index in [1.54, 1.807) is 0 Å². The standard InChI is InChI=1S/C33H39N3O5/c1-4-5-6-7-8-9-10-11-12-15-20-34-28(37)22-23-18-19-25-24-16-13-14-17-26(24)33(27(25)21-23)29(31(38)40-2)30(35-36-33)32(39)41-3/h4,13-14,16-19,21H,1,5-12,15,20,22H2,2-3H3,(H,34,37). The van der Waals surface area contributed by atoms with Crippen LogP contribution in [-0.4, -0.2) is 38.6 Å². The summed E-state index contributed by atoms with van der Waals surface area (Å²) in [5.74, 6) is -1.55. The van der Waals surface area contributed by atoms with Gasteiger partial charge in [0.25, 0.3) is 0 Å².